The normalized spacial score (nSPS) is 31.0. The number of nitrogens with one attached hydrogen (secondary N) is 1. The zero-order chi connectivity index (χ0) is 8.97. The Labute approximate surface area is 74.4 Å². The van der Waals surface area contributed by atoms with Crippen molar-refractivity contribution in [1.29, 1.82) is 0 Å². The average Bonchev–Trinajstić information content (AvgIpc) is 2.05. The fourth-order valence-electron chi connectivity index (χ4n) is 1.37. The molecule has 0 aliphatic carbocycles. The van der Waals surface area contributed by atoms with Gasteiger partial charge in [0.05, 0.1) is 12.7 Å². The van der Waals surface area contributed by atoms with Crippen LogP contribution in [-0.2, 0) is 9.47 Å². The first kappa shape index (κ1) is 9.96. The molecule has 0 aromatic carbocycles. The predicted octanol–water partition coefficient (Wildman–Crippen LogP) is 1.14. The summed E-state index contributed by atoms with van der Waals surface area (Å²) in [6.07, 6.45) is 2.44. The lowest BCUT2D eigenvalue weighted by molar-refractivity contribution is -0.185. The molecule has 0 amide bonds. The van der Waals surface area contributed by atoms with E-state index >= 15 is 0 Å². The van der Waals surface area contributed by atoms with Crippen molar-refractivity contribution < 1.29 is 9.47 Å². The molecule has 0 saturated carbocycles. The Bertz CT molecular complexity index is 120. The predicted molar refractivity (Wildman–Crippen MR) is 48.0 cm³/mol. The van der Waals surface area contributed by atoms with Crippen LogP contribution in [0.15, 0.2) is 0 Å². The summed E-state index contributed by atoms with van der Waals surface area (Å²) in [5, 5.41) is 3.20. The summed E-state index contributed by atoms with van der Waals surface area (Å²) in [7, 11) is 1.97. The molecule has 1 aliphatic heterocycles. The van der Waals surface area contributed by atoms with Crippen LogP contribution in [-0.4, -0.2) is 32.1 Å². The van der Waals surface area contributed by atoms with E-state index in [1.54, 1.807) is 0 Å². The van der Waals surface area contributed by atoms with Crippen LogP contribution >= 0.6 is 0 Å². The molecule has 1 heterocycles. The zero-order valence-corrected chi connectivity index (χ0v) is 8.17. The van der Waals surface area contributed by atoms with Gasteiger partial charge in [0.1, 0.15) is 0 Å². The number of rotatable bonds is 3. The summed E-state index contributed by atoms with van der Waals surface area (Å²) < 4.78 is 11.0. The van der Waals surface area contributed by atoms with Crippen molar-refractivity contribution >= 4 is 0 Å². The summed E-state index contributed by atoms with van der Waals surface area (Å²) in [4.78, 5) is 0. The first-order chi connectivity index (χ1) is 5.72. The van der Waals surface area contributed by atoms with Gasteiger partial charge in [-0.1, -0.05) is 0 Å². The molecule has 0 aromatic rings. The lowest BCUT2D eigenvalue weighted by atomic mass is 10.1. The lowest BCUT2D eigenvalue weighted by Crippen LogP contribution is -2.39. The quantitative estimate of drug-likeness (QED) is 0.694. The van der Waals surface area contributed by atoms with Crippen LogP contribution in [0.3, 0.4) is 0 Å². The maximum absolute atomic E-state index is 5.53. The molecule has 1 unspecified atom stereocenters. The molecule has 1 aliphatic rings. The zero-order valence-electron chi connectivity index (χ0n) is 8.17. The largest absolute Gasteiger partial charge is 0.351 e. The maximum Gasteiger partial charge on any atom is 0.158 e. The van der Waals surface area contributed by atoms with Gasteiger partial charge >= 0.3 is 0 Å². The standard InChI is InChI=1S/C9H19NO2/c1-7(2)12-9-5-4-8(10-3)6-11-9/h7-10H,4-6H2,1-3H3/t8?,9-/m1/s1. The molecular formula is C9H19NO2. The van der Waals surface area contributed by atoms with Crippen molar-refractivity contribution in [2.24, 2.45) is 0 Å². The van der Waals surface area contributed by atoms with Crippen molar-refractivity contribution in [3.63, 3.8) is 0 Å². The first-order valence-electron chi connectivity index (χ1n) is 4.66. The maximum atomic E-state index is 5.53. The van der Waals surface area contributed by atoms with Crippen LogP contribution in [0.1, 0.15) is 26.7 Å². The Morgan fingerprint density at radius 1 is 1.42 bits per heavy atom. The molecule has 0 radical (unpaired) electrons. The second-order valence-electron chi connectivity index (χ2n) is 3.51. The molecule has 2 atom stereocenters. The SMILES string of the molecule is CNC1CC[C@@H](OC(C)C)OC1. The second kappa shape index (κ2) is 4.80. The van der Waals surface area contributed by atoms with Gasteiger partial charge < -0.3 is 14.8 Å². The van der Waals surface area contributed by atoms with Gasteiger partial charge in [-0.3, -0.25) is 0 Å². The summed E-state index contributed by atoms with van der Waals surface area (Å²) in [5.41, 5.74) is 0. The van der Waals surface area contributed by atoms with E-state index in [4.69, 9.17) is 9.47 Å². The highest BCUT2D eigenvalue weighted by Gasteiger charge is 2.21. The number of ether oxygens (including phenoxy) is 2. The second-order valence-corrected chi connectivity index (χ2v) is 3.51. The molecule has 3 heteroatoms. The number of hydrogen-bond acceptors (Lipinski definition) is 3. The molecule has 12 heavy (non-hydrogen) atoms. The Morgan fingerprint density at radius 3 is 2.58 bits per heavy atom. The van der Waals surface area contributed by atoms with E-state index in [1.807, 2.05) is 20.9 Å². The van der Waals surface area contributed by atoms with Gasteiger partial charge in [-0.2, -0.15) is 0 Å². The fraction of sp³-hybridized carbons (Fsp3) is 1.00. The summed E-state index contributed by atoms with van der Waals surface area (Å²) in [5.74, 6) is 0. The third-order valence-corrected chi connectivity index (χ3v) is 2.07. The van der Waals surface area contributed by atoms with Gasteiger partial charge in [-0.25, -0.2) is 0 Å². The molecule has 0 aromatic heterocycles. The van der Waals surface area contributed by atoms with E-state index < -0.39 is 0 Å². The van der Waals surface area contributed by atoms with Crippen LogP contribution in [0.5, 0.6) is 0 Å². The Balaban J connectivity index is 2.17. The molecule has 1 N–H and O–H groups in total. The van der Waals surface area contributed by atoms with Gasteiger partial charge in [0, 0.05) is 6.04 Å². The molecule has 72 valence electrons. The third-order valence-electron chi connectivity index (χ3n) is 2.07. The number of likely N-dealkylation sites (N-methyl/N-ethyl adjacent to an activating group) is 1. The van der Waals surface area contributed by atoms with Gasteiger partial charge in [0.2, 0.25) is 0 Å². The highest BCUT2D eigenvalue weighted by atomic mass is 16.7. The number of hydrogen-bond donors (Lipinski definition) is 1. The van der Waals surface area contributed by atoms with Gasteiger partial charge in [0.15, 0.2) is 6.29 Å². The van der Waals surface area contributed by atoms with Crippen molar-refractivity contribution in [2.75, 3.05) is 13.7 Å². The third kappa shape index (κ3) is 3.09. The highest BCUT2D eigenvalue weighted by molar-refractivity contribution is 4.69. The van der Waals surface area contributed by atoms with E-state index in [2.05, 4.69) is 5.32 Å². The van der Waals surface area contributed by atoms with Crippen LogP contribution in [0.4, 0.5) is 0 Å². The summed E-state index contributed by atoms with van der Waals surface area (Å²) in [6.45, 7) is 4.84. The van der Waals surface area contributed by atoms with Crippen LogP contribution in [0.2, 0.25) is 0 Å². The molecule has 1 fully saturated rings. The first-order valence-corrected chi connectivity index (χ1v) is 4.66. The monoisotopic (exact) mass is 173 g/mol. The summed E-state index contributed by atoms with van der Waals surface area (Å²) >= 11 is 0. The average molecular weight is 173 g/mol. The van der Waals surface area contributed by atoms with Crippen LogP contribution in [0.25, 0.3) is 0 Å². The van der Waals surface area contributed by atoms with E-state index in [1.165, 1.54) is 0 Å². The minimum absolute atomic E-state index is 0.0228. The molecule has 1 rings (SSSR count). The van der Waals surface area contributed by atoms with Crippen molar-refractivity contribution in [1.82, 2.24) is 5.32 Å². The fourth-order valence-corrected chi connectivity index (χ4v) is 1.37. The van der Waals surface area contributed by atoms with Crippen molar-refractivity contribution in [3.8, 4) is 0 Å². The molecule has 1 saturated heterocycles. The highest BCUT2D eigenvalue weighted by Crippen LogP contribution is 2.15. The van der Waals surface area contributed by atoms with Crippen molar-refractivity contribution in [3.05, 3.63) is 0 Å². The Hall–Kier alpha value is -0.120. The molecule has 3 nitrogen and oxygen atoms in total. The minimum atomic E-state index is 0.0228. The van der Waals surface area contributed by atoms with Gasteiger partial charge in [-0.15, -0.1) is 0 Å². The van der Waals surface area contributed by atoms with Crippen LogP contribution < -0.4 is 5.32 Å². The smallest absolute Gasteiger partial charge is 0.158 e. The van der Waals surface area contributed by atoms with E-state index in [-0.39, 0.29) is 12.4 Å². The lowest BCUT2D eigenvalue weighted by Gasteiger charge is -2.29. The minimum Gasteiger partial charge on any atom is -0.351 e. The van der Waals surface area contributed by atoms with Gasteiger partial charge in [0.25, 0.3) is 0 Å². The molecule has 0 bridgehead atoms. The van der Waals surface area contributed by atoms with Crippen LogP contribution in [0, 0.1) is 0 Å². The molecular weight excluding hydrogens is 154 g/mol. The summed E-state index contributed by atoms with van der Waals surface area (Å²) in [6, 6.07) is 0.511. The van der Waals surface area contributed by atoms with Gasteiger partial charge in [-0.05, 0) is 33.7 Å². The molecule has 0 spiro atoms. The van der Waals surface area contributed by atoms with E-state index in [9.17, 15) is 0 Å². The topological polar surface area (TPSA) is 30.5 Å². The Kier molecular flexibility index (Phi) is 3.98. The van der Waals surface area contributed by atoms with E-state index in [0.717, 1.165) is 19.4 Å². The Morgan fingerprint density at radius 2 is 2.17 bits per heavy atom. The van der Waals surface area contributed by atoms with Crippen molar-refractivity contribution in [2.45, 2.75) is 45.1 Å². The van der Waals surface area contributed by atoms with E-state index in [0.29, 0.717) is 6.04 Å².